The molecule has 6 aromatic rings. The Kier molecular flexibility index (Phi) is 10.9. The van der Waals surface area contributed by atoms with Gasteiger partial charge in [-0.3, -0.25) is 9.78 Å². The fourth-order valence-corrected chi connectivity index (χ4v) is 5.73. The molecule has 1 N–H and O–H groups in total. The number of aliphatic hydroxyl groups excluding tert-OH is 1. The molecule has 0 bridgehead atoms. The summed E-state index contributed by atoms with van der Waals surface area (Å²) >= 11 is 0. The van der Waals surface area contributed by atoms with Crippen molar-refractivity contribution in [1.29, 1.82) is 0 Å². The minimum absolute atomic E-state index is 0. The molecule has 0 atom stereocenters. The van der Waals surface area contributed by atoms with Gasteiger partial charge in [-0.1, -0.05) is 107 Å². The van der Waals surface area contributed by atoms with Crippen molar-refractivity contribution in [3.8, 4) is 11.3 Å². The Morgan fingerprint density at radius 3 is 2.22 bits per heavy atom. The number of fused-ring (bicyclic) bond motifs is 6. The fraction of sp³-hybridized carbons (Fsp3) is 0.325. The van der Waals surface area contributed by atoms with Crippen molar-refractivity contribution in [1.82, 2.24) is 9.97 Å². The molecule has 241 valence electrons. The van der Waals surface area contributed by atoms with E-state index in [1.54, 1.807) is 6.33 Å². The van der Waals surface area contributed by atoms with Crippen molar-refractivity contribution in [3.05, 3.63) is 96.5 Å². The van der Waals surface area contributed by atoms with Crippen LogP contribution in [0.5, 0.6) is 0 Å². The van der Waals surface area contributed by atoms with Crippen LogP contribution in [0.25, 0.3) is 54.9 Å². The first-order chi connectivity index (χ1) is 21.6. The Bertz CT molecular complexity index is 2030. The predicted molar refractivity (Wildman–Crippen MR) is 186 cm³/mol. The first kappa shape index (κ1) is 35.0. The first-order valence-electron chi connectivity index (χ1n) is 16.0. The molecule has 0 spiro atoms. The molecule has 5 nitrogen and oxygen atoms in total. The van der Waals surface area contributed by atoms with Gasteiger partial charge in [-0.05, 0) is 49.4 Å². The molecule has 2 heterocycles. The number of rotatable bonds is 8. The van der Waals surface area contributed by atoms with Crippen molar-refractivity contribution in [2.24, 2.45) is 10.8 Å². The summed E-state index contributed by atoms with van der Waals surface area (Å²) in [4.78, 5) is 21.4. The number of allylic oxidation sites excluding steroid dienone is 2. The monoisotopic (exact) mass is 792 g/mol. The molecule has 1 radical (unpaired) electrons. The van der Waals surface area contributed by atoms with E-state index in [0.717, 1.165) is 75.2 Å². The molecule has 0 aliphatic rings. The third kappa shape index (κ3) is 6.52. The second-order valence-corrected chi connectivity index (χ2v) is 12.5. The number of benzene rings is 4. The van der Waals surface area contributed by atoms with E-state index >= 15 is 0 Å². The number of aryl methyl sites for hydroxylation is 1. The third-order valence-electron chi connectivity index (χ3n) is 9.95. The zero-order chi connectivity index (χ0) is 32.4. The average molecular weight is 792 g/mol. The first-order valence-corrected chi connectivity index (χ1v) is 16.0. The van der Waals surface area contributed by atoms with Gasteiger partial charge in [-0.15, -0.1) is 18.2 Å². The van der Waals surface area contributed by atoms with Crippen LogP contribution in [-0.4, -0.2) is 20.9 Å². The third-order valence-corrected chi connectivity index (χ3v) is 9.95. The smallest absolute Gasteiger partial charge is 0.164 e. The van der Waals surface area contributed by atoms with Gasteiger partial charge in [0.2, 0.25) is 0 Å². The van der Waals surface area contributed by atoms with E-state index in [4.69, 9.17) is 4.42 Å². The van der Waals surface area contributed by atoms with E-state index in [-0.39, 0.29) is 42.5 Å². The fourth-order valence-electron chi connectivity index (χ4n) is 5.73. The number of hydrogen-bond donors (Lipinski definition) is 1. The van der Waals surface area contributed by atoms with Crippen LogP contribution in [0.1, 0.15) is 72.8 Å². The predicted octanol–water partition coefficient (Wildman–Crippen LogP) is 11.1. The standard InChI is InChI=1S/C25H15N2O.C15H28O2.Ir/c1-15-9-11-17-16(13-15)10-12-20-23(17)26-14-27-24(20)21-7-4-6-19-18-5-2-3-8-22(18)28-25(19)21;1-7-14(5,8-2)12(16)11-13(17)15(6,9-3)10-4;/h2-6,8-14H,1H3;11,16H,7-10H2,1-6H3;/q-1;;/b;12-11-;. The van der Waals surface area contributed by atoms with Gasteiger partial charge in [0.15, 0.2) is 5.78 Å². The van der Waals surface area contributed by atoms with Crippen LogP contribution < -0.4 is 0 Å². The summed E-state index contributed by atoms with van der Waals surface area (Å²) < 4.78 is 6.20. The van der Waals surface area contributed by atoms with Gasteiger partial charge < -0.3 is 9.52 Å². The maximum Gasteiger partial charge on any atom is 0.164 e. The molecule has 0 aliphatic carbocycles. The van der Waals surface area contributed by atoms with Crippen molar-refractivity contribution in [2.75, 3.05) is 0 Å². The van der Waals surface area contributed by atoms with Crippen LogP contribution in [-0.2, 0) is 24.9 Å². The van der Waals surface area contributed by atoms with Gasteiger partial charge in [0.25, 0.3) is 0 Å². The van der Waals surface area contributed by atoms with Crippen molar-refractivity contribution < 1.29 is 34.4 Å². The summed E-state index contributed by atoms with van der Waals surface area (Å²) in [6, 6.07) is 26.1. The van der Waals surface area contributed by atoms with E-state index in [9.17, 15) is 9.90 Å². The normalized spacial score (nSPS) is 12.3. The average Bonchev–Trinajstić information content (AvgIpc) is 3.46. The number of para-hydroxylation sites is 1. The Balaban J connectivity index is 0.000000234. The maximum absolute atomic E-state index is 12.2. The van der Waals surface area contributed by atoms with Crippen molar-refractivity contribution in [2.45, 2.75) is 74.1 Å². The molecule has 0 fully saturated rings. The summed E-state index contributed by atoms with van der Waals surface area (Å²) in [5.74, 6) is 0.286. The van der Waals surface area contributed by atoms with Gasteiger partial charge in [0.1, 0.15) is 17.7 Å². The largest absolute Gasteiger partial charge is 0.512 e. The van der Waals surface area contributed by atoms with Gasteiger partial charge in [0.05, 0.1) is 11.1 Å². The summed E-state index contributed by atoms with van der Waals surface area (Å²) in [6.45, 7) is 14.2. The molecular formula is C40H43IrN2O3-. The molecule has 0 aliphatic heterocycles. The van der Waals surface area contributed by atoms with E-state index in [1.807, 2.05) is 71.9 Å². The summed E-state index contributed by atoms with van der Waals surface area (Å²) in [6.07, 6.45) is 6.39. The SMILES string of the molecule is CCC(C)(CC)C(=O)/C=C(\O)C(C)(CC)CC.Cc1ccc2c(ccc3c(-c4[c-]ccc5c4oc4ccccc45)ncnc32)c1.[Ir]. The van der Waals surface area contributed by atoms with Crippen LogP contribution in [0.4, 0.5) is 0 Å². The Hall–Kier alpha value is -3.86. The quantitative estimate of drug-likeness (QED) is 0.0719. The zero-order valence-corrected chi connectivity index (χ0v) is 30.2. The molecule has 2 aromatic heterocycles. The van der Waals surface area contributed by atoms with E-state index in [1.165, 1.54) is 17.0 Å². The minimum atomic E-state index is -0.337. The van der Waals surface area contributed by atoms with Crippen LogP contribution in [0.3, 0.4) is 0 Å². The van der Waals surface area contributed by atoms with Crippen LogP contribution in [0.15, 0.2) is 89.3 Å². The van der Waals surface area contributed by atoms with Gasteiger partial charge in [-0.25, -0.2) is 4.98 Å². The van der Waals surface area contributed by atoms with Gasteiger partial charge in [-0.2, -0.15) is 0 Å². The summed E-state index contributed by atoms with van der Waals surface area (Å²) in [7, 11) is 0. The maximum atomic E-state index is 12.2. The number of nitrogens with zero attached hydrogens (tertiary/aromatic N) is 2. The summed E-state index contributed by atoms with van der Waals surface area (Å²) in [5, 5.41) is 15.6. The van der Waals surface area contributed by atoms with Crippen LogP contribution in [0.2, 0.25) is 0 Å². The Morgan fingerprint density at radius 1 is 0.848 bits per heavy atom. The number of carbonyl (C=O) groups is 1. The number of aliphatic hydroxyl groups is 1. The molecule has 0 unspecified atom stereocenters. The molecule has 0 saturated carbocycles. The Labute approximate surface area is 285 Å². The van der Waals surface area contributed by atoms with Crippen LogP contribution in [0, 0.1) is 23.8 Å². The number of aromatic nitrogens is 2. The Morgan fingerprint density at radius 2 is 1.52 bits per heavy atom. The number of furan rings is 1. The molecule has 46 heavy (non-hydrogen) atoms. The van der Waals surface area contributed by atoms with E-state index in [0.29, 0.717) is 0 Å². The molecule has 0 amide bonds. The molecular weight excluding hydrogens is 749 g/mol. The van der Waals surface area contributed by atoms with Crippen LogP contribution >= 0.6 is 0 Å². The topological polar surface area (TPSA) is 76.2 Å². The number of hydrogen-bond acceptors (Lipinski definition) is 5. The van der Waals surface area contributed by atoms with Crippen molar-refractivity contribution in [3.63, 3.8) is 0 Å². The van der Waals surface area contributed by atoms with Crippen molar-refractivity contribution >= 4 is 49.4 Å². The van der Waals surface area contributed by atoms with Gasteiger partial charge >= 0.3 is 0 Å². The minimum Gasteiger partial charge on any atom is -0.512 e. The number of carbonyl (C=O) groups excluding carboxylic acids is 1. The second kappa shape index (κ2) is 14.3. The summed E-state index contributed by atoms with van der Waals surface area (Å²) in [5.41, 5.74) is 4.98. The molecule has 6 rings (SSSR count). The second-order valence-electron chi connectivity index (χ2n) is 12.5. The molecule has 0 saturated heterocycles. The van der Waals surface area contributed by atoms with E-state index in [2.05, 4.69) is 59.4 Å². The zero-order valence-electron chi connectivity index (χ0n) is 27.8. The van der Waals surface area contributed by atoms with E-state index < -0.39 is 0 Å². The van der Waals surface area contributed by atoms with Gasteiger partial charge in [0, 0.05) is 53.5 Å². The molecule has 6 heteroatoms. The molecule has 4 aromatic carbocycles. The number of ketones is 1.